The molecule has 2 aliphatic heterocycles. The van der Waals surface area contributed by atoms with Crippen LogP contribution in [0, 0.1) is 0 Å². The minimum atomic E-state index is -0.131. The van der Waals surface area contributed by atoms with Gasteiger partial charge in [-0.2, -0.15) is 0 Å². The maximum absolute atomic E-state index is 2.54. The molecule has 0 saturated carbocycles. The van der Waals surface area contributed by atoms with Crippen LogP contribution in [0.2, 0.25) is 0 Å². The van der Waals surface area contributed by atoms with Gasteiger partial charge in [-0.1, -0.05) is 261 Å². The number of benzene rings is 13. The Hall–Kier alpha value is -11.4. The summed E-state index contributed by atoms with van der Waals surface area (Å²) in [4.78, 5) is 5.07. The molecular formula is C82H55BN4. The maximum Gasteiger partial charge on any atom is 0.252 e. The van der Waals surface area contributed by atoms with Crippen molar-refractivity contribution in [3.05, 3.63) is 334 Å². The first kappa shape index (κ1) is 50.1. The zero-order chi connectivity index (χ0) is 57.4. The first-order valence-electron chi connectivity index (χ1n) is 30.0. The highest BCUT2D eigenvalue weighted by Gasteiger charge is 2.44. The first-order valence-corrected chi connectivity index (χ1v) is 30.0. The summed E-state index contributed by atoms with van der Waals surface area (Å²) in [5.74, 6) is 0. The number of aromatic nitrogens is 2. The lowest BCUT2D eigenvalue weighted by molar-refractivity contribution is 1.13. The van der Waals surface area contributed by atoms with Gasteiger partial charge in [0, 0.05) is 67.4 Å². The molecule has 0 aliphatic carbocycles. The third-order valence-electron chi connectivity index (χ3n) is 17.9. The summed E-state index contributed by atoms with van der Waals surface area (Å²) in [7, 11) is 0. The summed E-state index contributed by atoms with van der Waals surface area (Å²) in [6.45, 7) is -0.131. The lowest BCUT2D eigenvalue weighted by Crippen LogP contribution is -2.61. The monoisotopic (exact) mass is 1110 g/mol. The van der Waals surface area contributed by atoms with E-state index in [0.717, 1.165) is 79.0 Å². The molecule has 87 heavy (non-hydrogen) atoms. The molecule has 0 spiro atoms. The van der Waals surface area contributed by atoms with E-state index in [0.29, 0.717) is 0 Å². The molecule has 0 bridgehead atoms. The van der Waals surface area contributed by atoms with Gasteiger partial charge >= 0.3 is 0 Å². The van der Waals surface area contributed by atoms with E-state index in [1.54, 1.807) is 0 Å². The van der Waals surface area contributed by atoms with E-state index in [-0.39, 0.29) is 6.71 Å². The predicted molar refractivity (Wildman–Crippen MR) is 367 cm³/mol. The minimum absolute atomic E-state index is 0.131. The van der Waals surface area contributed by atoms with Gasteiger partial charge in [0.25, 0.3) is 6.71 Å². The summed E-state index contributed by atoms with van der Waals surface area (Å²) in [5.41, 5.74) is 29.1. The van der Waals surface area contributed by atoms with E-state index in [9.17, 15) is 0 Å². The molecule has 4 nitrogen and oxygen atoms in total. The number of para-hydroxylation sites is 2. The molecule has 0 amide bonds. The Morgan fingerprint density at radius 1 is 0.218 bits per heavy atom. The van der Waals surface area contributed by atoms with Gasteiger partial charge in [0.15, 0.2) is 0 Å². The molecule has 15 aromatic rings. The quantitative estimate of drug-likeness (QED) is 0.127. The summed E-state index contributed by atoms with van der Waals surface area (Å²) in [6.07, 6.45) is 0. The van der Waals surface area contributed by atoms with Crippen LogP contribution in [0.25, 0.3) is 100 Å². The van der Waals surface area contributed by atoms with Crippen molar-refractivity contribution in [2.45, 2.75) is 0 Å². The second-order valence-corrected chi connectivity index (χ2v) is 22.7. The molecule has 0 saturated heterocycles. The Morgan fingerprint density at radius 2 is 0.529 bits per heavy atom. The zero-order valence-corrected chi connectivity index (χ0v) is 47.6. The Kier molecular flexibility index (Phi) is 12.0. The lowest BCUT2D eigenvalue weighted by Gasteiger charge is -2.44. The highest BCUT2D eigenvalue weighted by atomic mass is 15.2. The Morgan fingerprint density at radius 3 is 0.908 bits per heavy atom. The fourth-order valence-corrected chi connectivity index (χ4v) is 14.2. The van der Waals surface area contributed by atoms with Crippen molar-refractivity contribution in [3.63, 3.8) is 0 Å². The van der Waals surface area contributed by atoms with Gasteiger partial charge in [-0.3, -0.25) is 0 Å². The number of nitrogens with zero attached hydrogens (tertiary/aromatic N) is 4. The van der Waals surface area contributed by atoms with E-state index in [1.807, 2.05) is 0 Å². The molecule has 0 radical (unpaired) electrons. The average Bonchev–Trinajstić information content (AvgIpc) is 1.17. The third kappa shape index (κ3) is 8.23. The summed E-state index contributed by atoms with van der Waals surface area (Å²) < 4.78 is 5.01. The van der Waals surface area contributed by atoms with Crippen LogP contribution >= 0.6 is 0 Å². The molecule has 0 N–H and O–H groups in total. The van der Waals surface area contributed by atoms with Gasteiger partial charge in [0.1, 0.15) is 0 Å². The molecule has 406 valence electrons. The predicted octanol–water partition coefficient (Wildman–Crippen LogP) is 19.7. The number of hydrogen-bond donors (Lipinski definition) is 0. The Balaban J connectivity index is 0.935. The van der Waals surface area contributed by atoms with E-state index in [1.165, 1.54) is 71.7 Å². The molecule has 0 unspecified atom stereocenters. The molecule has 13 aromatic carbocycles. The van der Waals surface area contributed by atoms with Crippen LogP contribution in [-0.2, 0) is 0 Å². The number of hydrogen-bond acceptors (Lipinski definition) is 2. The van der Waals surface area contributed by atoms with E-state index in [2.05, 4.69) is 353 Å². The Bertz CT molecular complexity index is 4740. The van der Waals surface area contributed by atoms with Crippen molar-refractivity contribution in [1.82, 2.24) is 9.13 Å². The van der Waals surface area contributed by atoms with Gasteiger partial charge in [0.05, 0.1) is 22.4 Å². The summed E-state index contributed by atoms with van der Waals surface area (Å²) in [6, 6.07) is 123. The van der Waals surface area contributed by atoms with Crippen molar-refractivity contribution in [2.75, 3.05) is 9.80 Å². The van der Waals surface area contributed by atoms with Crippen molar-refractivity contribution < 1.29 is 0 Å². The number of fused-ring (bicyclic) bond motifs is 6. The molecule has 2 aromatic heterocycles. The molecule has 5 heteroatoms. The SMILES string of the molecule is c1ccc(-c2ccc(N3c4cc(-n5c(-c6ccccc6)c(-c6ccccc6)c6ccccc65)ccc4B4c5ccc(-n6c(-c7ccccc7)c(-c7ccccc7)c7ccccc76)cc5N(c5ccc(-c6ccccc6)cc5)c5cccc3c54)cc2)cc1. The average molecular weight is 1110 g/mol. The van der Waals surface area contributed by atoms with E-state index < -0.39 is 0 Å². The number of rotatable bonds is 10. The van der Waals surface area contributed by atoms with Crippen molar-refractivity contribution in [1.29, 1.82) is 0 Å². The van der Waals surface area contributed by atoms with E-state index >= 15 is 0 Å². The van der Waals surface area contributed by atoms with Gasteiger partial charge < -0.3 is 18.9 Å². The molecule has 0 fully saturated rings. The van der Waals surface area contributed by atoms with Crippen LogP contribution < -0.4 is 26.2 Å². The third-order valence-corrected chi connectivity index (χ3v) is 17.9. The van der Waals surface area contributed by atoms with Crippen LogP contribution in [0.5, 0.6) is 0 Å². The molecule has 17 rings (SSSR count). The van der Waals surface area contributed by atoms with Crippen LogP contribution in [0.15, 0.2) is 334 Å². The fraction of sp³-hybridized carbons (Fsp3) is 0. The van der Waals surface area contributed by atoms with Gasteiger partial charge in [0.2, 0.25) is 0 Å². The summed E-state index contributed by atoms with van der Waals surface area (Å²) in [5, 5.41) is 2.42. The normalized spacial score (nSPS) is 12.3. The standard InChI is InChI=1S/C82H55BN4/c1-7-24-56(25-8-1)58-42-46-64(47-43-58)84-74-40-23-41-75-80(74)83(70-52-50-66(54-76(70)84)86-72-38-21-19-36-68(72)78(60-28-11-3-12-29-60)81(86)62-32-15-5-16-33-62)71-53-51-67(55-77(71)85(75)65-48-44-59(45-49-65)57-26-9-2-10-27-57)87-73-39-22-20-37-69(73)79(61-30-13-4-14-31-61)82(87)63-34-17-6-18-35-63/h1-55H. The van der Waals surface area contributed by atoms with Crippen LogP contribution in [0.4, 0.5) is 34.1 Å². The second kappa shape index (κ2) is 20.7. The molecule has 4 heterocycles. The molecular weight excluding hydrogens is 1050 g/mol. The van der Waals surface area contributed by atoms with Crippen molar-refractivity contribution in [2.24, 2.45) is 0 Å². The highest BCUT2D eigenvalue weighted by Crippen LogP contribution is 2.49. The van der Waals surface area contributed by atoms with E-state index in [4.69, 9.17) is 0 Å². The minimum Gasteiger partial charge on any atom is -0.311 e. The van der Waals surface area contributed by atoms with Crippen molar-refractivity contribution >= 4 is 79.0 Å². The zero-order valence-electron chi connectivity index (χ0n) is 47.6. The molecule has 2 aliphatic rings. The smallest absolute Gasteiger partial charge is 0.252 e. The van der Waals surface area contributed by atoms with Crippen molar-refractivity contribution in [3.8, 4) is 78.4 Å². The fourth-order valence-electron chi connectivity index (χ4n) is 14.2. The van der Waals surface area contributed by atoms with Gasteiger partial charge in [-0.15, -0.1) is 0 Å². The second-order valence-electron chi connectivity index (χ2n) is 22.7. The van der Waals surface area contributed by atoms with Gasteiger partial charge in [-0.05, 0) is 134 Å². The van der Waals surface area contributed by atoms with Crippen LogP contribution in [-0.4, -0.2) is 15.8 Å². The highest BCUT2D eigenvalue weighted by molar-refractivity contribution is 7.00. The Labute approximate surface area is 507 Å². The van der Waals surface area contributed by atoms with Crippen LogP contribution in [0.1, 0.15) is 0 Å². The molecule has 0 atom stereocenters. The number of anilines is 6. The largest absolute Gasteiger partial charge is 0.311 e. The van der Waals surface area contributed by atoms with Gasteiger partial charge in [-0.25, -0.2) is 0 Å². The maximum atomic E-state index is 2.54. The lowest BCUT2D eigenvalue weighted by atomic mass is 9.33. The topological polar surface area (TPSA) is 16.3 Å². The van der Waals surface area contributed by atoms with Crippen LogP contribution in [0.3, 0.4) is 0 Å². The summed E-state index contributed by atoms with van der Waals surface area (Å²) >= 11 is 0. The first-order chi connectivity index (χ1) is 43.2.